The first kappa shape index (κ1) is 11.3. The number of hydrogen-bond donors (Lipinski definition) is 2. The van der Waals surface area contributed by atoms with Gasteiger partial charge in [-0.05, 0) is 17.7 Å². The molecule has 0 amide bonds. The maximum atomic E-state index is 10.3. The van der Waals surface area contributed by atoms with Crippen molar-refractivity contribution in [1.82, 2.24) is 0 Å². The largest absolute Gasteiger partial charge is 0.547 e. The van der Waals surface area contributed by atoms with E-state index in [4.69, 9.17) is 9.84 Å². The number of rotatable bonds is 4. The second-order valence-electron chi connectivity index (χ2n) is 3.05. The maximum Gasteiger partial charge on any atom is 0.160 e. The molecule has 1 rings (SSSR count). The first-order chi connectivity index (χ1) is 7.04. The Balaban J connectivity index is 2.79. The second kappa shape index (κ2) is 4.65. The number of methoxy groups -OCH3 is 1. The average Bonchev–Trinajstić information content (AvgIpc) is 2.18. The number of phenolic OH excluding ortho intramolecular Hbond substituents is 1. The number of aromatic hydroxyl groups is 1. The zero-order valence-corrected chi connectivity index (χ0v) is 8.14. The van der Waals surface area contributed by atoms with Gasteiger partial charge in [0.15, 0.2) is 11.5 Å². The average molecular weight is 211 g/mol. The van der Waals surface area contributed by atoms with Crippen molar-refractivity contribution < 1.29 is 24.9 Å². The van der Waals surface area contributed by atoms with Crippen LogP contribution in [0, 0.1) is 0 Å². The quantitative estimate of drug-likeness (QED) is 0.670. The molecule has 15 heavy (non-hydrogen) atoms. The molecular weight excluding hydrogens is 200 g/mol. The molecule has 0 spiro atoms. The number of carboxylic acid groups (broad SMARTS) is 1. The van der Waals surface area contributed by atoms with Crippen LogP contribution >= 0.6 is 0 Å². The second-order valence-corrected chi connectivity index (χ2v) is 3.05. The van der Waals surface area contributed by atoms with E-state index in [0.29, 0.717) is 11.3 Å². The number of carboxylic acids is 1. The van der Waals surface area contributed by atoms with Crippen molar-refractivity contribution >= 4 is 5.97 Å². The van der Waals surface area contributed by atoms with Crippen molar-refractivity contribution in [3.63, 3.8) is 0 Å². The molecule has 5 nitrogen and oxygen atoms in total. The highest BCUT2D eigenvalue weighted by atomic mass is 16.5. The fraction of sp³-hybridized carbons (Fsp3) is 0.300. The Morgan fingerprint density at radius 3 is 2.73 bits per heavy atom. The van der Waals surface area contributed by atoms with Crippen LogP contribution in [0.15, 0.2) is 18.2 Å². The topological polar surface area (TPSA) is 89.8 Å². The zero-order chi connectivity index (χ0) is 11.4. The van der Waals surface area contributed by atoms with Crippen LogP contribution in [-0.2, 0) is 11.2 Å². The normalized spacial score (nSPS) is 12.1. The summed E-state index contributed by atoms with van der Waals surface area (Å²) in [5.41, 5.74) is 0.491. The van der Waals surface area contributed by atoms with Crippen LogP contribution in [0.2, 0.25) is 0 Å². The number of aliphatic carboxylic acids is 1. The lowest BCUT2D eigenvalue weighted by Gasteiger charge is -2.12. The molecule has 1 atom stereocenters. The van der Waals surface area contributed by atoms with Crippen molar-refractivity contribution in [1.29, 1.82) is 0 Å². The first-order valence-electron chi connectivity index (χ1n) is 4.29. The molecule has 1 aromatic carbocycles. The Morgan fingerprint density at radius 2 is 2.27 bits per heavy atom. The molecule has 0 aliphatic heterocycles. The number of carbonyl (C=O) groups excluding carboxylic acids is 1. The van der Waals surface area contributed by atoms with Crippen LogP contribution in [-0.4, -0.2) is 29.4 Å². The lowest BCUT2D eigenvalue weighted by molar-refractivity contribution is -0.314. The van der Waals surface area contributed by atoms with Gasteiger partial charge in [0.1, 0.15) is 0 Å². The van der Waals surface area contributed by atoms with E-state index in [0.717, 1.165) is 0 Å². The molecule has 0 aliphatic rings. The Kier molecular flexibility index (Phi) is 3.51. The van der Waals surface area contributed by atoms with Gasteiger partial charge in [0, 0.05) is 6.42 Å². The van der Waals surface area contributed by atoms with E-state index in [9.17, 15) is 15.0 Å². The molecule has 0 saturated carbocycles. The highest BCUT2D eigenvalue weighted by Gasteiger charge is 2.08. The van der Waals surface area contributed by atoms with Crippen LogP contribution in [0.5, 0.6) is 11.5 Å². The van der Waals surface area contributed by atoms with Gasteiger partial charge >= 0.3 is 0 Å². The molecule has 2 N–H and O–H groups in total. The summed E-state index contributed by atoms with van der Waals surface area (Å²) in [6.45, 7) is 0. The number of phenols is 1. The molecule has 0 bridgehead atoms. The summed E-state index contributed by atoms with van der Waals surface area (Å²) in [6, 6.07) is 4.39. The van der Waals surface area contributed by atoms with Crippen molar-refractivity contribution in [2.75, 3.05) is 7.11 Å². The Bertz CT molecular complexity index is 361. The summed E-state index contributed by atoms with van der Waals surface area (Å²) < 4.78 is 4.81. The minimum atomic E-state index is -1.57. The number of hydrogen-bond acceptors (Lipinski definition) is 5. The molecule has 0 heterocycles. The van der Waals surface area contributed by atoms with E-state index in [-0.39, 0.29) is 12.2 Å². The monoisotopic (exact) mass is 211 g/mol. The highest BCUT2D eigenvalue weighted by molar-refractivity contribution is 5.70. The van der Waals surface area contributed by atoms with E-state index in [2.05, 4.69) is 0 Å². The SMILES string of the molecule is COc1ccc(CC(O)C(=O)[O-])cc1O. The van der Waals surface area contributed by atoms with Crippen LogP contribution < -0.4 is 9.84 Å². The van der Waals surface area contributed by atoms with Crippen LogP contribution in [0.4, 0.5) is 0 Å². The molecule has 0 saturated heterocycles. The minimum Gasteiger partial charge on any atom is -0.547 e. The summed E-state index contributed by atoms with van der Waals surface area (Å²) >= 11 is 0. The Hall–Kier alpha value is -1.75. The van der Waals surface area contributed by atoms with E-state index >= 15 is 0 Å². The fourth-order valence-corrected chi connectivity index (χ4v) is 1.17. The molecule has 5 heteroatoms. The molecule has 1 unspecified atom stereocenters. The first-order valence-corrected chi connectivity index (χ1v) is 4.29. The molecular formula is C10H11O5-. The van der Waals surface area contributed by atoms with Gasteiger partial charge in [-0.3, -0.25) is 0 Å². The number of aliphatic hydroxyl groups is 1. The molecule has 0 aliphatic carbocycles. The molecule has 1 aromatic rings. The van der Waals surface area contributed by atoms with Gasteiger partial charge in [0.2, 0.25) is 0 Å². The lowest BCUT2D eigenvalue weighted by Crippen LogP contribution is -2.36. The van der Waals surface area contributed by atoms with Gasteiger partial charge in [-0.1, -0.05) is 6.07 Å². The maximum absolute atomic E-state index is 10.3. The summed E-state index contributed by atoms with van der Waals surface area (Å²) in [7, 11) is 1.41. The Morgan fingerprint density at radius 1 is 1.60 bits per heavy atom. The third-order valence-corrected chi connectivity index (χ3v) is 1.94. The number of benzene rings is 1. The summed E-state index contributed by atoms with van der Waals surface area (Å²) in [5.74, 6) is -1.34. The van der Waals surface area contributed by atoms with Crippen molar-refractivity contribution in [2.45, 2.75) is 12.5 Å². The van der Waals surface area contributed by atoms with Gasteiger partial charge in [-0.15, -0.1) is 0 Å². The Labute approximate surface area is 86.5 Å². The number of aliphatic hydroxyl groups excluding tert-OH is 1. The van der Waals surface area contributed by atoms with Gasteiger partial charge < -0.3 is 24.9 Å². The van der Waals surface area contributed by atoms with E-state index in [1.54, 1.807) is 6.07 Å². The lowest BCUT2D eigenvalue weighted by atomic mass is 10.1. The van der Waals surface area contributed by atoms with E-state index < -0.39 is 12.1 Å². The van der Waals surface area contributed by atoms with Gasteiger partial charge in [-0.2, -0.15) is 0 Å². The van der Waals surface area contributed by atoms with E-state index in [1.165, 1.54) is 19.2 Å². The van der Waals surface area contributed by atoms with Gasteiger partial charge in [0.05, 0.1) is 19.2 Å². The third kappa shape index (κ3) is 2.85. The fourth-order valence-electron chi connectivity index (χ4n) is 1.17. The van der Waals surface area contributed by atoms with Crippen LogP contribution in [0.25, 0.3) is 0 Å². The summed E-state index contributed by atoms with van der Waals surface area (Å²) in [5, 5.41) is 28.7. The molecule has 82 valence electrons. The summed E-state index contributed by atoms with van der Waals surface area (Å²) in [6.07, 6.45) is -1.68. The third-order valence-electron chi connectivity index (χ3n) is 1.94. The summed E-state index contributed by atoms with van der Waals surface area (Å²) in [4.78, 5) is 10.3. The predicted octanol–water partition coefficient (Wildman–Crippen LogP) is -0.946. The standard InChI is InChI=1S/C10H12O5/c1-15-9-3-2-6(4-7(9)11)5-8(12)10(13)14/h2-4,8,11-12H,5H2,1H3,(H,13,14)/p-1. The highest BCUT2D eigenvalue weighted by Crippen LogP contribution is 2.26. The molecule has 0 aromatic heterocycles. The predicted molar refractivity (Wildman–Crippen MR) is 49.4 cm³/mol. The van der Waals surface area contributed by atoms with Gasteiger partial charge in [-0.25, -0.2) is 0 Å². The van der Waals surface area contributed by atoms with Crippen molar-refractivity contribution in [2.24, 2.45) is 0 Å². The van der Waals surface area contributed by atoms with Crippen LogP contribution in [0.1, 0.15) is 5.56 Å². The minimum absolute atomic E-state index is 0.0967. The smallest absolute Gasteiger partial charge is 0.160 e. The molecule has 0 fully saturated rings. The zero-order valence-electron chi connectivity index (χ0n) is 8.14. The van der Waals surface area contributed by atoms with E-state index in [1.807, 2.05) is 0 Å². The molecule has 0 radical (unpaired) electrons. The number of ether oxygens (including phenoxy) is 1. The van der Waals surface area contributed by atoms with Crippen molar-refractivity contribution in [3.05, 3.63) is 23.8 Å². The number of carbonyl (C=O) groups is 1. The van der Waals surface area contributed by atoms with Gasteiger partial charge in [0.25, 0.3) is 0 Å². The van der Waals surface area contributed by atoms with Crippen molar-refractivity contribution in [3.8, 4) is 11.5 Å². The van der Waals surface area contributed by atoms with Crippen LogP contribution in [0.3, 0.4) is 0 Å².